The predicted molar refractivity (Wildman–Crippen MR) is 107 cm³/mol. The molecule has 2 rings (SSSR count). The van der Waals surface area contributed by atoms with Crippen molar-refractivity contribution in [2.75, 3.05) is 6.54 Å². The number of carbonyl (C=O) groups excluding carboxylic acids is 2. The average Bonchev–Trinajstić information content (AvgIpc) is 3.20. The van der Waals surface area contributed by atoms with Crippen LogP contribution in [0.25, 0.3) is 0 Å². The van der Waals surface area contributed by atoms with Gasteiger partial charge in [0.05, 0.1) is 11.6 Å². The van der Waals surface area contributed by atoms with E-state index in [1.807, 2.05) is 6.92 Å². The molecule has 0 spiro atoms. The minimum Gasteiger partial charge on any atom is -0.480 e. The van der Waals surface area contributed by atoms with Crippen molar-refractivity contribution in [2.24, 2.45) is 11.7 Å². The summed E-state index contributed by atoms with van der Waals surface area (Å²) in [7, 11) is 0. The Labute approximate surface area is 178 Å². The van der Waals surface area contributed by atoms with Crippen LogP contribution in [-0.4, -0.2) is 52.5 Å². The van der Waals surface area contributed by atoms with Gasteiger partial charge in [-0.05, 0) is 42.9 Å². The number of nitrogens with one attached hydrogen (secondary N) is 1. The Kier molecular flexibility index (Phi) is 8.05. The number of benzene rings is 1. The van der Waals surface area contributed by atoms with Gasteiger partial charge in [0.15, 0.2) is 0 Å². The first-order chi connectivity index (χ1) is 14.5. The van der Waals surface area contributed by atoms with Crippen LogP contribution in [0.3, 0.4) is 0 Å². The second kappa shape index (κ2) is 10.1. The smallest absolute Gasteiger partial charge is 0.416 e. The maximum absolute atomic E-state index is 13.0. The number of hydrogen-bond donors (Lipinski definition) is 3. The molecule has 4 N–H and O–H groups in total. The number of nitrogens with zero attached hydrogens (tertiary/aromatic N) is 1. The Bertz CT molecular complexity index is 798. The molecule has 4 atom stereocenters. The number of carboxylic acid groups (broad SMARTS) is 1. The van der Waals surface area contributed by atoms with Crippen LogP contribution in [0.15, 0.2) is 24.3 Å². The number of nitrogens with two attached hydrogens (primary N) is 1. The Morgan fingerprint density at radius 3 is 2.39 bits per heavy atom. The third-order valence-corrected chi connectivity index (χ3v) is 5.67. The number of amides is 2. The molecule has 7 nitrogen and oxygen atoms in total. The highest BCUT2D eigenvalue weighted by Crippen LogP contribution is 2.29. The van der Waals surface area contributed by atoms with Gasteiger partial charge in [-0.15, -0.1) is 0 Å². The van der Waals surface area contributed by atoms with E-state index in [0.717, 1.165) is 12.1 Å². The van der Waals surface area contributed by atoms with Crippen LogP contribution in [0.2, 0.25) is 0 Å². The number of carbonyl (C=O) groups is 3. The van der Waals surface area contributed by atoms with Crippen LogP contribution in [0.4, 0.5) is 13.2 Å². The molecular formula is C21H28F3N3O4. The van der Waals surface area contributed by atoms with Gasteiger partial charge in [-0.3, -0.25) is 9.59 Å². The first-order valence-electron chi connectivity index (χ1n) is 10.2. The summed E-state index contributed by atoms with van der Waals surface area (Å²) in [5.74, 6) is -2.43. The molecule has 172 valence electrons. The summed E-state index contributed by atoms with van der Waals surface area (Å²) in [5, 5.41) is 12.0. The lowest BCUT2D eigenvalue weighted by atomic mass is 9.96. The van der Waals surface area contributed by atoms with Gasteiger partial charge in [-0.1, -0.05) is 32.4 Å². The van der Waals surface area contributed by atoms with Crippen LogP contribution in [0.5, 0.6) is 0 Å². The first-order valence-corrected chi connectivity index (χ1v) is 10.2. The molecule has 1 heterocycles. The number of alkyl halides is 3. The zero-order valence-corrected chi connectivity index (χ0v) is 17.5. The second-order valence-corrected chi connectivity index (χ2v) is 7.90. The maximum atomic E-state index is 13.0. The van der Waals surface area contributed by atoms with Crippen molar-refractivity contribution in [1.29, 1.82) is 0 Å². The van der Waals surface area contributed by atoms with Gasteiger partial charge in [0.2, 0.25) is 11.8 Å². The molecule has 0 radical (unpaired) electrons. The molecule has 0 aromatic heterocycles. The SMILES string of the molecule is CCC(C)C(NC(=O)C(N)Cc1ccc(C(F)(F)F)cc1)C(=O)N1CCCC1C(=O)O. The van der Waals surface area contributed by atoms with Gasteiger partial charge in [-0.25, -0.2) is 4.79 Å². The normalized spacial score (nSPS) is 19.5. The topological polar surface area (TPSA) is 113 Å². The molecule has 1 aliphatic heterocycles. The van der Waals surface area contributed by atoms with Crippen molar-refractivity contribution in [2.45, 2.75) is 63.8 Å². The molecule has 1 aromatic rings. The third kappa shape index (κ3) is 6.19. The fraction of sp³-hybridized carbons (Fsp3) is 0.571. The van der Waals surface area contributed by atoms with E-state index in [-0.39, 0.29) is 12.3 Å². The molecule has 0 saturated carbocycles. The van der Waals surface area contributed by atoms with Crippen molar-refractivity contribution >= 4 is 17.8 Å². The van der Waals surface area contributed by atoms with Crippen molar-refractivity contribution in [3.05, 3.63) is 35.4 Å². The Morgan fingerprint density at radius 2 is 1.87 bits per heavy atom. The standard InChI is InChI=1S/C21H28F3N3O4/c1-3-12(2)17(19(29)27-10-4-5-16(27)20(30)31)26-18(28)15(25)11-13-6-8-14(9-7-13)21(22,23)24/h6-9,12,15-17H,3-5,10-11,25H2,1-2H3,(H,26,28)(H,30,31). The van der Waals surface area contributed by atoms with Gasteiger partial charge in [-0.2, -0.15) is 13.2 Å². The van der Waals surface area contributed by atoms with Crippen LogP contribution >= 0.6 is 0 Å². The fourth-order valence-corrected chi connectivity index (χ4v) is 3.59. The highest BCUT2D eigenvalue weighted by Gasteiger charge is 2.39. The van der Waals surface area contributed by atoms with Gasteiger partial charge < -0.3 is 21.1 Å². The highest BCUT2D eigenvalue weighted by atomic mass is 19.4. The Balaban J connectivity index is 2.07. The van der Waals surface area contributed by atoms with E-state index in [9.17, 15) is 32.7 Å². The van der Waals surface area contributed by atoms with E-state index in [0.29, 0.717) is 31.4 Å². The average molecular weight is 443 g/mol. The lowest BCUT2D eigenvalue weighted by Gasteiger charge is -2.31. The molecule has 1 fully saturated rings. The molecule has 1 aliphatic rings. The summed E-state index contributed by atoms with van der Waals surface area (Å²) in [6.45, 7) is 3.92. The van der Waals surface area contributed by atoms with Crippen molar-refractivity contribution in [3.63, 3.8) is 0 Å². The quantitative estimate of drug-likeness (QED) is 0.570. The molecule has 1 aromatic carbocycles. The van der Waals surface area contributed by atoms with Gasteiger partial charge >= 0.3 is 12.1 Å². The van der Waals surface area contributed by atoms with Gasteiger partial charge in [0.1, 0.15) is 12.1 Å². The van der Waals surface area contributed by atoms with E-state index < -0.39 is 47.6 Å². The largest absolute Gasteiger partial charge is 0.480 e. The molecule has 31 heavy (non-hydrogen) atoms. The second-order valence-electron chi connectivity index (χ2n) is 7.90. The summed E-state index contributed by atoms with van der Waals surface area (Å²) in [5.41, 5.74) is 5.59. The van der Waals surface area contributed by atoms with Crippen LogP contribution < -0.4 is 11.1 Å². The van der Waals surface area contributed by atoms with Gasteiger partial charge in [0.25, 0.3) is 0 Å². The number of halogens is 3. The van der Waals surface area contributed by atoms with Gasteiger partial charge in [0, 0.05) is 6.54 Å². The van der Waals surface area contributed by atoms with E-state index in [4.69, 9.17) is 5.73 Å². The Morgan fingerprint density at radius 1 is 1.26 bits per heavy atom. The van der Waals surface area contributed by atoms with Crippen LogP contribution in [-0.2, 0) is 27.0 Å². The van der Waals surface area contributed by atoms with E-state index in [1.54, 1.807) is 6.92 Å². The van der Waals surface area contributed by atoms with Crippen molar-refractivity contribution in [3.8, 4) is 0 Å². The molecule has 0 bridgehead atoms. The summed E-state index contributed by atoms with van der Waals surface area (Å²) < 4.78 is 38.0. The number of likely N-dealkylation sites (tertiary alicyclic amines) is 1. The molecule has 2 amide bonds. The number of aliphatic carboxylic acids is 1. The lowest BCUT2D eigenvalue weighted by Crippen LogP contribution is -2.57. The minimum absolute atomic E-state index is 0.00709. The van der Waals surface area contributed by atoms with Crippen LogP contribution in [0, 0.1) is 5.92 Å². The zero-order valence-electron chi connectivity index (χ0n) is 17.5. The Hall–Kier alpha value is -2.62. The van der Waals surface area contributed by atoms with E-state index in [2.05, 4.69) is 5.32 Å². The lowest BCUT2D eigenvalue weighted by molar-refractivity contribution is -0.150. The summed E-state index contributed by atoms with van der Waals surface area (Å²) in [6.07, 6.45) is -2.97. The molecule has 1 saturated heterocycles. The fourth-order valence-electron chi connectivity index (χ4n) is 3.59. The number of rotatable bonds is 8. The zero-order chi connectivity index (χ0) is 23.3. The van der Waals surface area contributed by atoms with Crippen molar-refractivity contribution in [1.82, 2.24) is 10.2 Å². The molecular weight excluding hydrogens is 415 g/mol. The molecule has 4 unspecified atom stereocenters. The van der Waals surface area contributed by atoms with Crippen molar-refractivity contribution < 1.29 is 32.7 Å². The third-order valence-electron chi connectivity index (χ3n) is 5.67. The maximum Gasteiger partial charge on any atom is 0.416 e. The summed E-state index contributed by atoms with van der Waals surface area (Å²) in [6, 6.07) is 1.43. The molecule has 0 aliphatic carbocycles. The summed E-state index contributed by atoms with van der Waals surface area (Å²) in [4.78, 5) is 38.4. The van der Waals surface area contributed by atoms with Crippen LogP contribution in [0.1, 0.15) is 44.2 Å². The highest BCUT2D eigenvalue weighted by molar-refractivity contribution is 5.92. The summed E-state index contributed by atoms with van der Waals surface area (Å²) >= 11 is 0. The molecule has 10 heteroatoms. The van der Waals surface area contributed by atoms with E-state index in [1.165, 1.54) is 17.0 Å². The monoisotopic (exact) mass is 443 g/mol. The number of carboxylic acids is 1. The number of hydrogen-bond acceptors (Lipinski definition) is 4. The van der Waals surface area contributed by atoms with E-state index >= 15 is 0 Å². The predicted octanol–water partition coefficient (Wildman–Crippen LogP) is 2.18. The minimum atomic E-state index is -4.45. The first kappa shape index (κ1) is 24.6.